The maximum absolute atomic E-state index is 10.7. The van der Waals surface area contributed by atoms with Crippen LogP contribution in [0.25, 0.3) is 0 Å². The predicted octanol–water partition coefficient (Wildman–Crippen LogP) is 1.54. The summed E-state index contributed by atoms with van der Waals surface area (Å²) < 4.78 is 4.96. The largest absolute Gasteiger partial charge is 0.472 e. The van der Waals surface area contributed by atoms with Crippen LogP contribution in [0.4, 0.5) is 0 Å². The number of amides is 1. The minimum absolute atomic E-state index is 0.00940. The molecule has 1 rings (SSSR count). The number of nitrogens with one attached hydrogen (secondary N) is 2. The molecule has 0 unspecified atom stereocenters. The molecule has 76 valence electrons. The number of rotatable bonds is 5. The molecule has 14 heavy (non-hydrogen) atoms. The van der Waals surface area contributed by atoms with Crippen molar-refractivity contribution >= 4 is 5.91 Å². The van der Waals surface area contributed by atoms with Crippen molar-refractivity contribution < 1.29 is 9.21 Å². The normalized spacial score (nSPS) is 12.1. The molecule has 4 nitrogen and oxygen atoms in total. The molecule has 1 atom stereocenters. The van der Waals surface area contributed by atoms with Gasteiger partial charge in [0.25, 0.3) is 0 Å². The zero-order valence-electron chi connectivity index (χ0n) is 8.12. The number of carbonyl (C=O) groups is 1. The Balaban J connectivity index is 2.55. The van der Waals surface area contributed by atoms with Crippen LogP contribution in [0.1, 0.15) is 24.9 Å². The minimum Gasteiger partial charge on any atom is -0.472 e. The summed E-state index contributed by atoms with van der Waals surface area (Å²) in [4.78, 5) is 10.7. The van der Waals surface area contributed by atoms with Gasteiger partial charge in [0.1, 0.15) is 0 Å². The lowest BCUT2D eigenvalue weighted by Crippen LogP contribution is -2.38. The molecule has 1 amide bonds. The average Bonchev–Trinajstić information content (AvgIpc) is 2.64. The van der Waals surface area contributed by atoms with Crippen LogP contribution >= 0.6 is 0 Å². The molecule has 0 radical (unpaired) electrons. The van der Waals surface area contributed by atoms with Crippen molar-refractivity contribution in [2.75, 3.05) is 0 Å². The Hall–Kier alpha value is -1.55. The van der Waals surface area contributed by atoms with E-state index in [-0.39, 0.29) is 11.9 Å². The predicted molar refractivity (Wildman–Crippen MR) is 53.2 cm³/mol. The molecule has 1 heterocycles. The van der Waals surface area contributed by atoms with Gasteiger partial charge < -0.3 is 4.42 Å². The van der Waals surface area contributed by atoms with Crippen molar-refractivity contribution in [3.05, 3.63) is 36.8 Å². The zero-order chi connectivity index (χ0) is 10.4. The van der Waals surface area contributed by atoms with Crippen molar-refractivity contribution in [1.29, 1.82) is 0 Å². The van der Waals surface area contributed by atoms with Crippen molar-refractivity contribution in [3.63, 3.8) is 0 Å². The summed E-state index contributed by atoms with van der Waals surface area (Å²) in [7, 11) is 0. The molecule has 0 saturated heterocycles. The molecule has 0 aliphatic heterocycles. The van der Waals surface area contributed by atoms with Crippen molar-refractivity contribution in [2.45, 2.75) is 19.4 Å². The van der Waals surface area contributed by atoms with E-state index in [0.717, 1.165) is 12.0 Å². The van der Waals surface area contributed by atoms with E-state index in [1.54, 1.807) is 18.6 Å². The topological polar surface area (TPSA) is 54.3 Å². The van der Waals surface area contributed by atoms with Crippen molar-refractivity contribution in [3.8, 4) is 0 Å². The highest BCUT2D eigenvalue weighted by Crippen LogP contribution is 2.16. The quantitative estimate of drug-likeness (QED) is 0.552. The molecule has 0 bridgehead atoms. The van der Waals surface area contributed by atoms with E-state index in [9.17, 15) is 4.79 Å². The minimum atomic E-state index is -0.123. The standard InChI is InChI=1S/C10H14N2O2/c1-3-4-10(12-11-8(2)13)9-5-6-14-7-9/h3,5-7,10,12H,1,4H2,2H3,(H,11,13)/t10-/m1/s1. The zero-order valence-corrected chi connectivity index (χ0v) is 8.12. The fourth-order valence-corrected chi connectivity index (χ4v) is 1.11. The second kappa shape index (κ2) is 5.24. The number of furan rings is 1. The second-order valence-corrected chi connectivity index (χ2v) is 2.96. The van der Waals surface area contributed by atoms with Gasteiger partial charge in [-0.1, -0.05) is 6.08 Å². The summed E-state index contributed by atoms with van der Waals surface area (Å²) in [6.07, 6.45) is 5.75. The lowest BCUT2D eigenvalue weighted by molar-refractivity contribution is -0.120. The van der Waals surface area contributed by atoms with E-state index in [0.29, 0.717) is 0 Å². The molecular formula is C10H14N2O2. The van der Waals surface area contributed by atoms with Crippen LogP contribution < -0.4 is 10.9 Å². The van der Waals surface area contributed by atoms with Gasteiger partial charge in [-0.05, 0) is 12.5 Å². The van der Waals surface area contributed by atoms with Crippen LogP contribution in [0, 0.1) is 0 Å². The number of carbonyl (C=O) groups excluding carboxylic acids is 1. The molecule has 1 aromatic heterocycles. The molecule has 0 aliphatic rings. The van der Waals surface area contributed by atoms with Gasteiger partial charge in [0.15, 0.2) is 0 Å². The van der Waals surface area contributed by atoms with Gasteiger partial charge >= 0.3 is 0 Å². The molecule has 1 aromatic rings. The average molecular weight is 194 g/mol. The summed E-state index contributed by atoms with van der Waals surface area (Å²) in [5.41, 5.74) is 6.42. The molecular weight excluding hydrogens is 180 g/mol. The highest BCUT2D eigenvalue weighted by Gasteiger charge is 2.10. The fourth-order valence-electron chi connectivity index (χ4n) is 1.11. The summed E-state index contributed by atoms with van der Waals surface area (Å²) in [5, 5.41) is 0. The lowest BCUT2D eigenvalue weighted by Gasteiger charge is -2.15. The summed E-state index contributed by atoms with van der Waals surface area (Å²) >= 11 is 0. The van der Waals surface area contributed by atoms with E-state index in [2.05, 4.69) is 17.4 Å². The first-order valence-corrected chi connectivity index (χ1v) is 4.39. The van der Waals surface area contributed by atoms with E-state index in [1.807, 2.05) is 6.07 Å². The summed E-state index contributed by atoms with van der Waals surface area (Å²) in [6, 6.07) is 1.86. The Labute approximate surface area is 83.0 Å². The Morgan fingerprint density at radius 3 is 3.07 bits per heavy atom. The Kier molecular flexibility index (Phi) is 3.94. The Morgan fingerprint density at radius 1 is 1.79 bits per heavy atom. The van der Waals surface area contributed by atoms with Crippen LogP contribution in [-0.2, 0) is 4.79 Å². The number of hydrogen-bond donors (Lipinski definition) is 2. The maximum Gasteiger partial charge on any atom is 0.230 e. The van der Waals surface area contributed by atoms with Gasteiger partial charge in [0.05, 0.1) is 18.6 Å². The first kappa shape index (κ1) is 10.5. The third kappa shape index (κ3) is 3.06. The fraction of sp³-hybridized carbons (Fsp3) is 0.300. The van der Waals surface area contributed by atoms with Crippen molar-refractivity contribution in [1.82, 2.24) is 10.9 Å². The van der Waals surface area contributed by atoms with Crippen LogP contribution in [0.5, 0.6) is 0 Å². The number of hydrazine groups is 1. The first-order valence-electron chi connectivity index (χ1n) is 4.39. The van der Waals surface area contributed by atoms with Crippen LogP contribution in [0.2, 0.25) is 0 Å². The van der Waals surface area contributed by atoms with E-state index in [4.69, 9.17) is 4.42 Å². The third-order valence-corrected chi connectivity index (χ3v) is 1.77. The Morgan fingerprint density at radius 2 is 2.57 bits per heavy atom. The summed E-state index contributed by atoms with van der Waals surface area (Å²) in [6.45, 7) is 5.11. The number of hydrogen-bond acceptors (Lipinski definition) is 3. The van der Waals surface area contributed by atoms with Crippen LogP contribution in [-0.4, -0.2) is 5.91 Å². The van der Waals surface area contributed by atoms with Gasteiger partial charge in [0.2, 0.25) is 5.91 Å². The van der Waals surface area contributed by atoms with Crippen LogP contribution in [0.3, 0.4) is 0 Å². The van der Waals surface area contributed by atoms with E-state index >= 15 is 0 Å². The van der Waals surface area contributed by atoms with Gasteiger partial charge in [-0.3, -0.25) is 10.2 Å². The highest BCUT2D eigenvalue weighted by molar-refractivity contribution is 5.72. The molecule has 0 fully saturated rings. The van der Waals surface area contributed by atoms with Crippen molar-refractivity contribution in [2.24, 2.45) is 0 Å². The van der Waals surface area contributed by atoms with Gasteiger partial charge in [0, 0.05) is 12.5 Å². The lowest BCUT2D eigenvalue weighted by atomic mass is 10.1. The van der Waals surface area contributed by atoms with Crippen LogP contribution in [0.15, 0.2) is 35.7 Å². The van der Waals surface area contributed by atoms with E-state index in [1.165, 1.54) is 6.92 Å². The molecule has 2 N–H and O–H groups in total. The third-order valence-electron chi connectivity index (χ3n) is 1.77. The SMILES string of the molecule is C=CC[C@@H](NNC(C)=O)c1ccoc1. The molecule has 0 aliphatic carbocycles. The molecule has 4 heteroatoms. The van der Waals surface area contributed by atoms with Gasteiger partial charge in [-0.2, -0.15) is 0 Å². The van der Waals surface area contributed by atoms with Gasteiger partial charge in [-0.25, -0.2) is 5.43 Å². The van der Waals surface area contributed by atoms with Gasteiger partial charge in [-0.15, -0.1) is 6.58 Å². The molecule has 0 spiro atoms. The smallest absolute Gasteiger partial charge is 0.230 e. The summed E-state index contributed by atoms with van der Waals surface area (Å²) in [5.74, 6) is -0.123. The molecule has 0 saturated carbocycles. The van der Waals surface area contributed by atoms with E-state index < -0.39 is 0 Å². The monoisotopic (exact) mass is 194 g/mol. The highest BCUT2D eigenvalue weighted by atomic mass is 16.3. The maximum atomic E-state index is 10.7. The first-order chi connectivity index (χ1) is 6.74. The second-order valence-electron chi connectivity index (χ2n) is 2.96. The molecule has 0 aromatic carbocycles. The Bertz CT molecular complexity index is 293.